The molecule has 0 N–H and O–H groups in total. The first-order valence-corrected chi connectivity index (χ1v) is 14.8. The van der Waals surface area contributed by atoms with Crippen LogP contribution in [-0.4, -0.2) is 50.3 Å². The van der Waals surface area contributed by atoms with E-state index in [4.69, 9.17) is 27.9 Å². The SMILES string of the molecule is COc1ccc(S(=O)(=O)N(CC(=O)N2CCc3sccc3C2c2ccc(Cl)cc2Cl)CC2CC2)cc1. The van der Waals surface area contributed by atoms with E-state index in [0.717, 1.165) is 24.0 Å². The predicted molar refractivity (Wildman–Crippen MR) is 143 cm³/mol. The number of carbonyl (C=O) groups is 1. The lowest BCUT2D eigenvalue weighted by molar-refractivity contribution is -0.133. The highest BCUT2D eigenvalue weighted by Crippen LogP contribution is 2.41. The molecule has 0 bridgehead atoms. The van der Waals surface area contributed by atoms with E-state index in [2.05, 4.69) is 0 Å². The van der Waals surface area contributed by atoms with Crippen molar-refractivity contribution >= 4 is 50.5 Å². The summed E-state index contributed by atoms with van der Waals surface area (Å²) >= 11 is 14.4. The van der Waals surface area contributed by atoms with E-state index in [9.17, 15) is 13.2 Å². The second-order valence-corrected chi connectivity index (χ2v) is 12.9. The molecule has 1 saturated carbocycles. The largest absolute Gasteiger partial charge is 0.497 e. The molecule has 2 heterocycles. The van der Waals surface area contributed by atoms with E-state index < -0.39 is 16.1 Å². The second-order valence-electron chi connectivity index (χ2n) is 9.12. The number of carbonyl (C=O) groups excluding carboxylic acids is 1. The summed E-state index contributed by atoms with van der Waals surface area (Å²) < 4.78 is 33.7. The molecular formula is C26H26Cl2N2O4S2. The van der Waals surface area contributed by atoms with E-state index >= 15 is 0 Å². The highest BCUT2D eigenvalue weighted by atomic mass is 35.5. The van der Waals surface area contributed by atoms with Gasteiger partial charge >= 0.3 is 0 Å². The first-order chi connectivity index (χ1) is 17.3. The van der Waals surface area contributed by atoms with E-state index in [-0.39, 0.29) is 23.3 Å². The van der Waals surface area contributed by atoms with Crippen LogP contribution in [0.2, 0.25) is 10.0 Å². The van der Waals surface area contributed by atoms with Gasteiger partial charge in [-0.1, -0.05) is 29.3 Å². The fourth-order valence-electron chi connectivity index (χ4n) is 4.62. The van der Waals surface area contributed by atoms with Gasteiger partial charge in [-0.25, -0.2) is 8.42 Å². The summed E-state index contributed by atoms with van der Waals surface area (Å²) in [4.78, 5) is 16.9. The van der Waals surface area contributed by atoms with Crippen LogP contribution < -0.4 is 4.74 Å². The molecule has 1 unspecified atom stereocenters. The number of fused-ring (bicyclic) bond motifs is 1. The number of methoxy groups -OCH3 is 1. The summed E-state index contributed by atoms with van der Waals surface area (Å²) in [7, 11) is -2.34. The molecule has 1 aliphatic carbocycles. The van der Waals surface area contributed by atoms with E-state index in [1.165, 1.54) is 28.4 Å². The quantitative estimate of drug-likeness (QED) is 0.355. The molecule has 0 radical (unpaired) electrons. The van der Waals surface area contributed by atoms with Crippen molar-refractivity contribution in [3.8, 4) is 5.75 Å². The van der Waals surface area contributed by atoms with Crippen LogP contribution in [-0.2, 0) is 21.2 Å². The average molecular weight is 566 g/mol. The van der Waals surface area contributed by atoms with Gasteiger partial charge < -0.3 is 9.64 Å². The standard InChI is InChI=1S/C26H26Cl2N2O4S2/c1-34-19-5-7-20(8-6-19)36(32,33)29(15-17-2-3-17)16-25(31)30-12-10-24-22(11-13-35-24)26(30)21-9-4-18(27)14-23(21)28/h4-9,11,13-14,17,26H,2-3,10,12,15-16H2,1H3. The van der Waals surface area contributed by atoms with Crippen LogP contribution in [0.5, 0.6) is 5.75 Å². The van der Waals surface area contributed by atoms with Crippen molar-refractivity contribution in [1.29, 1.82) is 0 Å². The molecule has 3 aromatic rings. The third-order valence-corrected chi connectivity index (χ3v) is 10.1. The minimum atomic E-state index is -3.87. The molecule has 190 valence electrons. The van der Waals surface area contributed by atoms with Crippen LogP contribution in [0.3, 0.4) is 0 Å². The van der Waals surface area contributed by atoms with Crippen molar-refractivity contribution < 1.29 is 17.9 Å². The molecule has 5 rings (SSSR count). The lowest BCUT2D eigenvalue weighted by atomic mass is 9.93. The van der Waals surface area contributed by atoms with Crippen molar-refractivity contribution in [2.75, 3.05) is 26.7 Å². The zero-order valence-corrected chi connectivity index (χ0v) is 22.8. The van der Waals surface area contributed by atoms with Crippen molar-refractivity contribution in [3.63, 3.8) is 0 Å². The molecule has 1 fully saturated rings. The van der Waals surface area contributed by atoms with Crippen LogP contribution in [0, 0.1) is 5.92 Å². The Labute approximate surface area is 225 Å². The summed E-state index contributed by atoms with van der Waals surface area (Å²) in [6.45, 7) is 0.575. The third-order valence-electron chi connectivity index (χ3n) is 6.71. The molecule has 2 aromatic carbocycles. The van der Waals surface area contributed by atoms with Gasteiger partial charge in [0.25, 0.3) is 0 Å². The molecule has 1 aromatic heterocycles. The molecule has 1 atom stereocenters. The molecule has 2 aliphatic rings. The third kappa shape index (κ3) is 5.15. The Morgan fingerprint density at radius 3 is 2.53 bits per heavy atom. The van der Waals surface area contributed by atoms with E-state index in [1.807, 2.05) is 17.5 Å². The van der Waals surface area contributed by atoms with Gasteiger partial charge in [-0.2, -0.15) is 4.31 Å². The number of ether oxygens (including phenoxy) is 1. The highest BCUT2D eigenvalue weighted by molar-refractivity contribution is 7.89. The molecule has 10 heteroatoms. The Balaban J connectivity index is 1.46. The number of rotatable bonds is 8. The maximum atomic E-state index is 13.8. The topological polar surface area (TPSA) is 66.9 Å². The minimum Gasteiger partial charge on any atom is -0.497 e. The molecule has 1 aliphatic heterocycles. The number of benzene rings is 2. The van der Waals surface area contributed by atoms with Crippen molar-refractivity contribution in [2.45, 2.75) is 30.2 Å². The van der Waals surface area contributed by atoms with Gasteiger partial charge in [0.15, 0.2) is 0 Å². The van der Waals surface area contributed by atoms with Gasteiger partial charge in [0, 0.05) is 28.0 Å². The summed E-state index contributed by atoms with van der Waals surface area (Å²) in [6, 6.07) is 13.2. The minimum absolute atomic E-state index is 0.146. The Bertz CT molecular complexity index is 1370. The van der Waals surface area contributed by atoms with Gasteiger partial charge in [-0.3, -0.25) is 4.79 Å². The number of sulfonamides is 1. The van der Waals surface area contributed by atoms with Crippen LogP contribution in [0.15, 0.2) is 58.8 Å². The first-order valence-electron chi connectivity index (χ1n) is 11.7. The molecule has 6 nitrogen and oxygen atoms in total. The fraction of sp³-hybridized carbons (Fsp3) is 0.346. The van der Waals surface area contributed by atoms with Crippen LogP contribution in [0.1, 0.15) is 34.9 Å². The first kappa shape index (κ1) is 25.5. The van der Waals surface area contributed by atoms with Crippen molar-refractivity contribution in [3.05, 3.63) is 80.0 Å². The van der Waals surface area contributed by atoms with Gasteiger partial charge in [-0.05, 0) is 84.2 Å². The molecule has 0 saturated heterocycles. The number of nitrogens with zero attached hydrogens (tertiary/aromatic N) is 2. The monoisotopic (exact) mass is 564 g/mol. The predicted octanol–water partition coefficient (Wildman–Crippen LogP) is 5.64. The van der Waals surface area contributed by atoms with Crippen LogP contribution in [0.4, 0.5) is 0 Å². The summed E-state index contributed by atoms with van der Waals surface area (Å²) in [5, 5.41) is 3.01. The maximum absolute atomic E-state index is 13.8. The van der Waals surface area contributed by atoms with Gasteiger partial charge in [0.05, 0.1) is 24.6 Å². The van der Waals surface area contributed by atoms with E-state index in [1.54, 1.807) is 40.5 Å². The number of hydrogen-bond donors (Lipinski definition) is 0. The van der Waals surface area contributed by atoms with Gasteiger partial charge in [-0.15, -0.1) is 11.3 Å². The molecular weight excluding hydrogens is 539 g/mol. The normalized spacial score (nSPS) is 17.8. The average Bonchev–Trinajstić information content (AvgIpc) is 3.55. The Morgan fingerprint density at radius 2 is 1.86 bits per heavy atom. The smallest absolute Gasteiger partial charge is 0.243 e. The van der Waals surface area contributed by atoms with Crippen molar-refractivity contribution in [2.24, 2.45) is 5.92 Å². The zero-order valence-electron chi connectivity index (χ0n) is 19.7. The van der Waals surface area contributed by atoms with Gasteiger partial charge in [0.1, 0.15) is 5.75 Å². The number of halogens is 2. The van der Waals surface area contributed by atoms with E-state index in [0.29, 0.717) is 35.3 Å². The summed E-state index contributed by atoms with van der Waals surface area (Å²) in [5.41, 5.74) is 1.80. The Hall–Kier alpha value is -2.10. The number of amides is 1. The molecule has 36 heavy (non-hydrogen) atoms. The Morgan fingerprint density at radius 1 is 1.11 bits per heavy atom. The number of thiophene rings is 1. The Kier molecular flexibility index (Phi) is 7.34. The van der Waals surface area contributed by atoms with Crippen LogP contribution >= 0.6 is 34.5 Å². The maximum Gasteiger partial charge on any atom is 0.243 e. The summed E-state index contributed by atoms with van der Waals surface area (Å²) in [5.74, 6) is 0.596. The summed E-state index contributed by atoms with van der Waals surface area (Å²) in [6.07, 6.45) is 2.65. The van der Waals surface area contributed by atoms with Crippen molar-refractivity contribution in [1.82, 2.24) is 9.21 Å². The molecule has 0 spiro atoms. The lowest BCUT2D eigenvalue weighted by Gasteiger charge is -2.38. The zero-order chi connectivity index (χ0) is 25.4. The van der Waals surface area contributed by atoms with Gasteiger partial charge in [0.2, 0.25) is 15.9 Å². The van der Waals surface area contributed by atoms with Crippen LogP contribution in [0.25, 0.3) is 0 Å². The second kappa shape index (κ2) is 10.3. The number of hydrogen-bond acceptors (Lipinski definition) is 5. The lowest BCUT2D eigenvalue weighted by Crippen LogP contribution is -2.47. The fourth-order valence-corrected chi connectivity index (χ4v) is 7.50. The highest BCUT2D eigenvalue weighted by Gasteiger charge is 2.38. The molecule has 1 amide bonds.